The quantitative estimate of drug-likeness (QED) is 0.187. The molecule has 6 heteroatoms. The van der Waals surface area contributed by atoms with E-state index in [1.54, 1.807) is 11.3 Å². The minimum absolute atomic E-state index is 0.598. The summed E-state index contributed by atoms with van der Waals surface area (Å²) in [6.45, 7) is 0. The fraction of sp³-hybridized carbons (Fsp3) is 0. The molecule has 0 atom stereocenters. The summed E-state index contributed by atoms with van der Waals surface area (Å²) < 4.78 is 11.5. The van der Waals surface area contributed by atoms with Gasteiger partial charge in [0.05, 0.1) is 16.4 Å². The molecule has 0 fully saturated rings. The average molecular weight is 671 g/mol. The van der Waals surface area contributed by atoms with Gasteiger partial charge in [0, 0.05) is 58.7 Å². The molecule has 11 aromatic rings. The summed E-state index contributed by atoms with van der Waals surface area (Å²) in [4.78, 5) is 15.3. The largest absolute Gasteiger partial charge is 0.456 e. The van der Waals surface area contributed by atoms with Crippen molar-refractivity contribution in [3.05, 3.63) is 158 Å². The number of rotatable bonds is 4. The van der Waals surface area contributed by atoms with E-state index in [-0.39, 0.29) is 0 Å². The maximum atomic E-state index is 6.65. The van der Waals surface area contributed by atoms with Crippen molar-refractivity contribution < 1.29 is 4.42 Å². The Labute approximate surface area is 295 Å². The first-order valence-electron chi connectivity index (χ1n) is 16.9. The number of furan rings is 1. The molecule has 0 aliphatic heterocycles. The molecular formula is C45H26N4OS. The number of fused-ring (bicyclic) bond motifs is 10. The van der Waals surface area contributed by atoms with Gasteiger partial charge in [0.25, 0.3) is 0 Å². The second kappa shape index (κ2) is 10.9. The zero-order chi connectivity index (χ0) is 33.5. The zero-order valence-electron chi connectivity index (χ0n) is 27.1. The van der Waals surface area contributed by atoms with Gasteiger partial charge in [-0.25, -0.2) is 15.0 Å². The molecule has 7 aromatic carbocycles. The Bertz CT molecular complexity index is 3140. The third kappa shape index (κ3) is 4.30. The lowest BCUT2D eigenvalue weighted by molar-refractivity contribution is 0.669. The number of benzene rings is 7. The molecule has 0 amide bonds. The maximum absolute atomic E-state index is 6.65. The van der Waals surface area contributed by atoms with Gasteiger partial charge >= 0.3 is 0 Å². The molecule has 51 heavy (non-hydrogen) atoms. The van der Waals surface area contributed by atoms with E-state index in [2.05, 4.69) is 132 Å². The molecule has 11 rings (SSSR count). The molecule has 0 bridgehead atoms. The summed E-state index contributed by atoms with van der Waals surface area (Å²) in [5.74, 6) is 1.87. The van der Waals surface area contributed by atoms with Crippen molar-refractivity contribution in [3.8, 4) is 39.9 Å². The number of thiophene rings is 1. The van der Waals surface area contributed by atoms with E-state index in [9.17, 15) is 0 Å². The van der Waals surface area contributed by atoms with Gasteiger partial charge in [-0.3, -0.25) is 0 Å². The summed E-state index contributed by atoms with van der Waals surface area (Å²) in [7, 11) is 0. The predicted octanol–water partition coefficient (Wildman–Crippen LogP) is 12.2. The van der Waals surface area contributed by atoms with E-state index < -0.39 is 0 Å². The lowest BCUT2D eigenvalue weighted by Gasteiger charge is -2.10. The first-order chi connectivity index (χ1) is 25.3. The van der Waals surface area contributed by atoms with Crippen molar-refractivity contribution in [1.29, 1.82) is 0 Å². The van der Waals surface area contributed by atoms with Gasteiger partial charge < -0.3 is 8.98 Å². The van der Waals surface area contributed by atoms with Gasteiger partial charge in [-0.2, -0.15) is 0 Å². The molecule has 0 N–H and O–H groups in total. The molecule has 0 aliphatic rings. The molecule has 4 aromatic heterocycles. The highest BCUT2D eigenvalue weighted by atomic mass is 32.1. The molecule has 5 nitrogen and oxygen atoms in total. The summed E-state index contributed by atoms with van der Waals surface area (Å²) in [5.41, 5.74) is 7.83. The van der Waals surface area contributed by atoms with E-state index in [1.165, 1.54) is 30.9 Å². The van der Waals surface area contributed by atoms with Gasteiger partial charge in [0.15, 0.2) is 17.5 Å². The van der Waals surface area contributed by atoms with Crippen LogP contribution >= 0.6 is 11.3 Å². The van der Waals surface area contributed by atoms with Crippen LogP contribution in [-0.2, 0) is 0 Å². The lowest BCUT2D eigenvalue weighted by atomic mass is 10.0. The third-order valence-electron chi connectivity index (χ3n) is 9.85. The van der Waals surface area contributed by atoms with E-state index in [0.29, 0.717) is 17.5 Å². The van der Waals surface area contributed by atoms with Crippen LogP contribution in [0.4, 0.5) is 0 Å². The van der Waals surface area contributed by atoms with Crippen LogP contribution in [0, 0.1) is 0 Å². The Balaban J connectivity index is 1.15. The van der Waals surface area contributed by atoms with Crippen molar-refractivity contribution in [2.24, 2.45) is 0 Å². The third-order valence-corrected chi connectivity index (χ3v) is 11.0. The molecule has 0 unspecified atom stereocenters. The van der Waals surface area contributed by atoms with Crippen molar-refractivity contribution in [1.82, 2.24) is 19.5 Å². The van der Waals surface area contributed by atoms with Gasteiger partial charge in [0.2, 0.25) is 0 Å². The topological polar surface area (TPSA) is 56.7 Å². The van der Waals surface area contributed by atoms with Crippen molar-refractivity contribution in [2.75, 3.05) is 0 Å². The second-order valence-electron chi connectivity index (χ2n) is 12.8. The Morgan fingerprint density at radius 2 is 1.14 bits per heavy atom. The predicted molar refractivity (Wildman–Crippen MR) is 211 cm³/mol. The Morgan fingerprint density at radius 1 is 0.451 bits per heavy atom. The molecule has 0 aliphatic carbocycles. The van der Waals surface area contributed by atoms with Crippen LogP contribution in [0.25, 0.3) is 104 Å². The van der Waals surface area contributed by atoms with Gasteiger partial charge in [-0.05, 0) is 54.6 Å². The molecule has 0 spiro atoms. The van der Waals surface area contributed by atoms with E-state index in [0.717, 1.165) is 55.3 Å². The van der Waals surface area contributed by atoms with Crippen LogP contribution < -0.4 is 0 Å². The fourth-order valence-electron chi connectivity index (χ4n) is 7.60. The van der Waals surface area contributed by atoms with E-state index >= 15 is 0 Å². The Morgan fingerprint density at radius 3 is 2.00 bits per heavy atom. The SMILES string of the molecule is c1ccc(-c2nc(-c3ccc4c(c3)oc3ccc5c6ccccc6n(-c6ccccc6)c5c34)nc(-c3cccc4sc5ccccc5c34)n2)cc1. The first kappa shape index (κ1) is 28.2. The summed E-state index contributed by atoms with van der Waals surface area (Å²) >= 11 is 1.79. The minimum Gasteiger partial charge on any atom is -0.456 e. The first-order valence-corrected chi connectivity index (χ1v) is 17.8. The maximum Gasteiger partial charge on any atom is 0.164 e. The van der Waals surface area contributed by atoms with Gasteiger partial charge in [-0.15, -0.1) is 11.3 Å². The number of aromatic nitrogens is 4. The molecular weight excluding hydrogens is 645 g/mol. The summed E-state index contributed by atoms with van der Waals surface area (Å²) in [6, 6.07) is 54.8. The van der Waals surface area contributed by atoms with E-state index in [4.69, 9.17) is 19.4 Å². The van der Waals surface area contributed by atoms with Crippen LogP contribution in [0.2, 0.25) is 0 Å². The molecule has 4 heterocycles. The number of hydrogen-bond donors (Lipinski definition) is 0. The van der Waals surface area contributed by atoms with Crippen LogP contribution in [0.1, 0.15) is 0 Å². The molecule has 0 radical (unpaired) electrons. The monoisotopic (exact) mass is 670 g/mol. The summed E-state index contributed by atoms with van der Waals surface area (Å²) in [5, 5.41) is 6.92. The second-order valence-corrected chi connectivity index (χ2v) is 13.9. The number of para-hydroxylation sites is 2. The molecule has 0 saturated heterocycles. The highest BCUT2D eigenvalue weighted by Gasteiger charge is 2.21. The Hall–Kier alpha value is -6.63. The van der Waals surface area contributed by atoms with Crippen molar-refractivity contribution >= 4 is 75.3 Å². The van der Waals surface area contributed by atoms with Gasteiger partial charge in [0.1, 0.15) is 11.2 Å². The van der Waals surface area contributed by atoms with Crippen molar-refractivity contribution in [3.63, 3.8) is 0 Å². The van der Waals surface area contributed by atoms with Gasteiger partial charge in [-0.1, -0.05) is 103 Å². The van der Waals surface area contributed by atoms with Crippen LogP contribution in [0.5, 0.6) is 0 Å². The fourth-order valence-corrected chi connectivity index (χ4v) is 8.74. The normalized spacial score (nSPS) is 11.9. The Kier molecular flexibility index (Phi) is 6.05. The highest BCUT2D eigenvalue weighted by molar-refractivity contribution is 7.25. The van der Waals surface area contributed by atoms with Crippen LogP contribution in [0.15, 0.2) is 162 Å². The average Bonchev–Trinajstić information content (AvgIpc) is 3.87. The van der Waals surface area contributed by atoms with E-state index in [1.807, 2.05) is 30.3 Å². The van der Waals surface area contributed by atoms with Crippen LogP contribution in [-0.4, -0.2) is 19.5 Å². The molecule has 0 saturated carbocycles. The zero-order valence-corrected chi connectivity index (χ0v) is 27.9. The van der Waals surface area contributed by atoms with Crippen molar-refractivity contribution in [2.45, 2.75) is 0 Å². The summed E-state index contributed by atoms with van der Waals surface area (Å²) in [6.07, 6.45) is 0. The smallest absolute Gasteiger partial charge is 0.164 e. The highest BCUT2D eigenvalue weighted by Crippen LogP contribution is 2.43. The lowest BCUT2D eigenvalue weighted by Crippen LogP contribution is -2.00. The molecule has 238 valence electrons. The number of hydrogen-bond acceptors (Lipinski definition) is 5. The number of nitrogens with zero attached hydrogens (tertiary/aromatic N) is 4. The minimum atomic E-state index is 0.598. The standard InChI is InChI=1S/C45H26N4OS/c1-3-12-27(13-4-1)43-46-44(48-45(47-43)34-18-11-21-39-40(34)33-17-8-10-20-38(33)51-39)28-22-23-32-37(26-28)50-36-25-24-31-30-16-7-9-19-35(30)49(42(31)41(32)36)29-14-5-2-6-15-29/h1-26H. The van der Waals surface area contributed by atoms with Crippen LogP contribution in [0.3, 0.4) is 0 Å².